The Hall–Kier alpha value is -2.41. The summed E-state index contributed by atoms with van der Waals surface area (Å²) in [6.45, 7) is 4.90. The molecule has 5 rings (SSSR count). The maximum Gasteiger partial charge on any atom is 0.254 e. The van der Waals surface area contributed by atoms with Crippen LogP contribution in [0.3, 0.4) is 0 Å². The lowest BCUT2D eigenvalue weighted by Gasteiger charge is -2.40. The Kier molecular flexibility index (Phi) is 5.46. The summed E-state index contributed by atoms with van der Waals surface area (Å²) in [4.78, 5) is 23.4. The molecule has 0 aliphatic carbocycles. The number of anilines is 1. The van der Waals surface area contributed by atoms with Crippen LogP contribution in [0.5, 0.6) is 0 Å². The number of likely N-dealkylation sites (tertiary alicyclic amines) is 1. The summed E-state index contributed by atoms with van der Waals surface area (Å²) in [7, 11) is 0. The van der Waals surface area contributed by atoms with Crippen LogP contribution in [0.4, 0.5) is 5.13 Å². The highest BCUT2D eigenvalue weighted by atomic mass is 32.1. The molecule has 30 heavy (non-hydrogen) atoms. The molecule has 158 valence electrons. The number of benzene rings is 1. The van der Waals surface area contributed by atoms with Crippen molar-refractivity contribution in [1.29, 1.82) is 0 Å². The van der Waals surface area contributed by atoms with E-state index in [-0.39, 0.29) is 5.91 Å². The third-order valence-electron chi connectivity index (χ3n) is 6.59. The maximum absolute atomic E-state index is 13.3. The van der Waals surface area contributed by atoms with Crippen molar-refractivity contribution in [2.75, 3.05) is 24.5 Å². The van der Waals surface area contributed by atoms with E-state index in [4.69, 9.17) is 5.10 Å². The third-order valence-corrected chi connectivity index (χ3v) is 7.57. The Morgan fingerprint density at radius 1 is 1.03 bits per heavy atom. The van der Waals surface area contributed by atoms with Crippen LogP contribution >= 0.6 is 11.3 Å². The molecule has 1 atom stereocenters. The molecule has 2 aromatic heterocycles. The average Bonchev–Trinajstić information content (AvgIpc) is 3.21. The van der Waals surface area contributed by atoms with Crippen LogP contribution in [0.25, 0.3) is 4.96 Å². The SMILES string of the molecule is Cc1cn2nc(N3CCC([C@H]4CCCCCN4C(=O)c4ccccc4)CC3)sc2n1. The van der Waals surface area contributed by atoms with Crippen LogP contribution in [0.2, 0.25) is 0 Å². The zero-order valence-corrected chi connectivity index (χ0v) is 18.4. The predicted molar refractivity (Wildman–Crippen MR) is 120 cm³/mol. The first kappa shape index (κ1) is 19.5. The van der Waals surface area contributed by atoms with E-state index in [1.54, 1.807) is 11.3 Å². The van der Waals surface area contributed by atoms with Gasteiger partial charge in [-0.15, -0.1) is 5.10 Å². The van der Waals surface area contributed by atoms with Crippen molar-refractivity contribution in [3.8, 4) is 0 Å². The standard InChI is InChI=1S/C23H29N5OS/c1-17-16-28-22(24-17)30-23(25-28)26-14-11-18(12-15-26)20-10-6-3-7-13-27(20)21(29)19-8-4-2-5-9-19/h2,4-5,8-9,16,18,20H,3,6-7,10-15H2,1H3/t20-/m1/s1. The van der Waals surface area contributed by atoms with Crippen molar-refractivity contribution in [3.63, 3.8) is 0 Å². The topological polar surface area (TPSA) is 53.7 Å². The fourth-order valence-electron chi connectivity index (χ4n) is 5.02. The monoisotopic (exact) mass is 423 g/mol. The van der Waals surface area contributed by atoms with E-state index >= 15 is 0 Å². The van der Waals surface area contributed by atoms with Crippen LogP contribution in [-0.2, 0) is 0 Å². The van der Waals surface area contributed by atoms with Gasteiger partial charge in [0.15, 0.2) is 0 Å². The first-order valence-electron chi connectivity index (χ1n) is 11.1. The molecule has 3 aromatic rings. The molecule has 0 saturated carbocycles. The second-order valence-corrected chi connectivity index (χ2v) is 9.53. The predicted octanol–water partition coefficient (Wildman–Crippen LogP) is 4.40. The van der Waals surface area contributed by atoms with Crippen molar-refractivity contribution >= 4 is 27.3 Å². The normalized spacial score (nSPS) is 21.2. The van der Waals surface area contributed by atoms with E-state index in [1.165, 1.54) is 12.8 Å². The van der Waals surface area contributed by atoms with Gasteiger partial charge in [-0.25, -0.2) is 9.50 Å². The van der Waals surface area contributed by atoms with Crippen LogP contribution in [0.1, 0.15) is 54.6 Å². The maximum atomic E-state index is 13.3. The highest BCUT2D eigenvalue weighted by Crippen LogP contribution is 2.33. The van der Waals surface area contributed by atoms with E-state index in [0.29, 0.717) is 12.0 Å². The van der Waals surface area contributed by atoms with Gasteiger partial charge in [-0.05, 0) is 50.7 Å². The van der Waals surface area contributed by atoms with Gasteiger partial charge in [0.05, 0.1) is 11.9 Å². The summed E-state index contributed by atoms with van der Waals surface area (Å²) >= 11 is 1.67. The van der Waals surface area contributed by atoms with Gasteiger partial charge in [0.25, 0.3) is 5.91 Å². The lowest BCUT2D eigenvalue weighted by atomic mass is 9.86. The average molecular weight is 424 g/mol. The fraction of sp³-hybridized carbons (Fsp3) is 0.522. The summed E-state index contributed by atoms with van der Waals surface area (Å²) in [6, 6.07) is 10.2. The number of nitrogens with zero attached hydrogens (tertiary/aromatic N) is 5. The molecule has 0 unspecified atom stereocenters. The van der Waals surface area contributed by atoms with E-state index in [9.17, 15) is 4.79 Å². The second-order valence-electron chi connectivity index (χ2n) is 8.60. The van der Waals surface area contributed by atoms with Gasteiger partial charge >= 0.3 is 0 Å². The minimum Gasteiger partial charge on any atom is -0.347 e. The molecule has 4 heterocycles. The minimum absolute atomic E-state index is 0.210. The van der Waals surface area contributed by atoms with Crippen LogP contribution in [-0.4, -0.2) is 51.1 Å². The number of rotatable bonds is 3. The number of fused-ring (bicyclic) bond motifs is 1. The summed E-state index contributed by atoms with van der Waals surface area (Å²) < 4.78 is 1.90. The van der Waals surface area contributed by atoms with Gasteiger partial charge in [0, 0.05) is 31.2 Å². The molecule has 0 radical (unpaired) electrons. The van der Waals surface area contributed by atoms with Crippen LogP contribution in [0, 0.1) is 12.8 Å². The Labute approximate surface area is 181 Å². The molecule has 2 fully saturated rings. The van der Waals surface area contributed by atoms with E-state index in [1.807, 2.05) is 48.0 Å². The summed E-state index contributed by atoms with van der Waals surface area (Å²) in [5, 5.41) is 5.79. The highest BCUT2D eigenvalue weighted by Gasteiger charge is 2.34. The molecule has 1 amide bonds. The zero-order valence-electron chi connectivity index (χ0n) is 17.5. The van der Waals surface area contributed by atoms with Gasteiger partial charge in [0.1, 0.15) is 0 Å². The number of carbonyl (C=O) groups excluding carboxylic acids is 1. The molecular weight excluding hydrogens is 394 g/mol. The molecule has 7 heteroatoms. The van der Waals surface area contributed by atoms with Gasteiger partial charge in [-0.2, -0.15) is 0 Å². The van der Waals surface area contributed by atoms with Crippen molar-refractivity contribution in [2.24, 2.45) is 5.92 Å². The number of hydrogen-bond donors (Lipinski definition) is 0. The largest absolute Gasteiger partial charge is 0.347 e. The molecule has 0 spiro atoms. The summed E-state index contributed by atoms with van der Waals surface area (Å²) in [6.07, 6.45) is 8.92. The van der Waals surface area contributed by atoms with Crippen molar-refractivity contribution in [2.45, 2.75) is 51.5 Å². The highest BCUT2D eigenvalue weighted by molar-refractivity contribution is 7.20. The van der Waals surface area contributed by atoms with Gasteiger partial charge in [-0.1, -0.05) is 42.4 Å². The van der Waals surface area contributed by atoms with Crippen molar-refractivity contribution in [3.05, 3.63) is 47.8 Å². The number of carbonyl (C=O) groups is 1. The molecular formula is C23H29N5OS. The lowest BCUT2D eigenvalue weighted by molar-refractivity contribution is 0.0588. The fourth-order valence-corrected chi connectivity index (χ4v) is 6.01. The summed E-state index contributed by atoms with van der Waals surface area (Å²) in [5.41, 5.74) is 1.83. The van der Waals surface area contributed by atoms with E-state index in [2.05, 4.69) is 14.8 Å². The number of hydrogen-bond acceptors (Lipinski definition) is 5. The number of amides is 1. The molecule has 0 bridgehead atoms. The molecule has 2 saturated heterocycles. The number of imidazole rings is 1. The van der Waals surface area contributed by atoms with E-state index < -0.39 is 0 Å². The minimum atomic E-state index is 0.210. The van der Waals surface area contributed by atoms with Crippen molar-refractivity contribution < 1.29 is 4.79 Å². The molecule has 6 nitrogen and oxygen atoms in total. The Morgan fingerprint density at radius 3 is 2.60 bits per heavy atom. The quantitative estimate of drug-likeness (QED) is 0.627. The van der Waals surface area contributed by atoms with Gasteiger partial charge in [0.2, 0.25) is 10.1 Å². The first-order chi connectivity index (χ1) is 14.7. The Balaban J connectivity index is 1.29. The lowest BCUT2D eigenvalue weighted by Crippen LogP contribution is -2.48. The molecule has 0 N–H and O–H groups in total. The van der Waals surface area contributed by atoms with Crippen LogP contribution in [0.15, 0.2) is 36.5 Å². The van der Waals surface area contributed by atoms with Gasteiger partial charge < -0.3 is 9.80 Å². The molecule has 1 aromatic carbocycles. The van der Waals surface area contributed by atoms with Crippen LogP contribution < -0.4 is 4.90 Å². The number of aromatic nitrogens is 3. The zero-order chi connectivity index (χ0) is 20.5. The Bertz CT molecular complexity index is 974. The Morgan fingerprint density at radius 2 is 1.83 bits per heavy atom. The second kappa shape index (κ2) is 8.38. The molecule has 2 aliphatic rings. The third kappa shape index (κ3) is 3.83. The van der Waals surface area contributed by atoms with Crippen molar-refractivity contribution in [1.82, 2.24) is 19.5 Å². The first-order valence-corrected chi connectivity index (χ1v) is 11.9. The number of piperidine rings is 1. The summed E-state index contributed by atoms with van der Waals surface area (Å²) in [5.74, 6) is 0.778. The van der Waals surface area contributed by atoms with Gasteiger partial charge in [-0.3, -0.25) is 4.79 Å². The number of aryl methyl sites for hydroxylation is 1. The van der Waals surface area contributed by atoms with E-state index in [0.717, 1.165) is 66.7 Å². The smallest absolute Gasteiger partial charge is 0.254 e. The molecule has 2 aliphatic heterocycles.